The Morgan fingerprint density at radius 2 is 1.79 bits per heavy atom. The van der Waals surface area contributed by atoms with Crippen molar-refractivity contribution in [2.45, 2.75) is 33.6 Å². The second kappa shape index (κ2) is 9.33. The normalized spacial score (nSPS) is 14.3. The first-order valence-corrected chi connectivity index (χ1v) is 10.3. The molecule has 150 valence electrons. The minimum absolute atomic E-state index is 0.219. The van der Waals surface area contributed by atoms with Gasteiger partial charge in [-0.15, -0.1) is 0 Å². The standard InChI is InChI=1S/C23H29ClN2O2/c1-17-6-4-7-21(19(17)3)25-11-13-26(14-12-25)23(27)8-5-15-28-22-10-9-20(24)16-18(22)2/h4,6-7,9-10,16H,5,8,11-15H2,1-3H3. The van der Waals surface area contributed by atoms with E-state index in [1.807, 2.05) is 30.0 Å². The Bertz CT molecular complexity index is 829. The quantitative estimate of drug-likeness (QED) is 0.654. The number of hydrogen-bond donors (Lipinski definition) is 0. The lowest BCUT2D eigenvalue weighted by Crippen LogP contribution is -2.49. The number of carbonyl (C=O) groups is 1. The number of anilines is 1. The van der Waals surface area contributed by atoms with Gasteiger partial charge >= 0.3 is 0 Å². The van der Waals surface area contributed by atoms with Crippen LogP contribution in [0, 0.1) is 20.8 Å². The van der Waals surface area contributed by atoms with E-state index in [9.17, 15) is 4.79 Å². The maximum absolute atomic E-state index is 12.5. The van der Waals surface area contributed by atoms with Crippen LogP contribution in [0.1, 0.15) is 29.5 Å². The molecule has 0 radical (unpaired) electrons. The first-order valence-electron chi connectivity index (χ1n) is 9.93. The fourth-order valence-electron chi connectivity index (χ4n) is 3.61. The molecule has 0 spiro atoms. The van der Waals surface area contributed by atoms with Crippen molar-refractivity contribution in [3.8, 4) is 5.75 Å². The summed E-state index contributed by atoms with van der Waals surface area (Å²) in [7, 11) is 0. The fraction of sp³-hybridized carbons (Fsp3) is 0.435. The zero-order valence-corrected chi connectivity index (χ0v) is 17.8. The Labute approximate surface area is 173 Å². The summed E-state index contributed by atoms with van der Waals surface area (Å²) in [5, 5.41) is 0.708. The number of piperazine rings is 1. The number of rotatable bonds is 6. The van der Waals surface area contributed by atoms with Crippen molar-refractivity contribution in [3.63, 3.8) is 0 Å². The molecule has 1 saturated heterocycles. The number of benzene rings is 2. The van der Waals surface area contributed by atoms with Crippen LogP contribution in [0.15, 0.2) is 36.4 Å². The smallest absolute Gasteiger partial charge is 0.222 e. The van der Waals surface area contributed by atoms with Crippen molar-refractivity contribution < 1.29 is 9.53 Å². The molecule has 2 aromatic rings. The summed E-state index contributed by atoms with van der Waals surface area (Å²) in [6.07, 6.45) is 1.24. The van der Waals surface area contributed by atoms with Crippen molar-refractivity contribution >= 4 is 23.2 Å². The molecule has 4 nitrogen and oxygen atoms in total. The molecule has 0 aliphatic carbocycles. The van der Waals surface area contributed by atoms with Crippen molar-refractivity contribution in [2.75, 3.05) is 37.7 Å². The lowest BCUT2D eigenvalue weighted by Gasteiger charge is -2.37. The van der Waals surface area contributed by atoms with Crippen LogP contribution in [-0.4, -0.2) is 43.6 Å². The van der Waals surface area contributed by atoms with E-state index in [-0.39, 0.29) is 5.91 Å². The van der Waals surface area contributed by atoms with Gasteiger partial charge in [-0.2, -0.15) is 0 Å². The third-order valence-corrected chi connectivity index (χ3v) is 5.71. The number of carbonyl (C=O) groups excluding carboxylic acids is 1. The molecule has 3 rings (SSSR count). The van der Waals surface area contributed by atoms with Gasteiger partial charge in [0.1, 0.15) is 5.75 Å². The molecule has 1 aliphatic heterocycles. The second-order valence-corrected chi connectivity index (χ2v) is 7.89. The van der Waals surface area contributed by atoms with E-state index < -0.39 is 0 Å². The first-order chi connectivity index (χ1) is 13.5. The van der Waals surface area contributed by atoms with E-state index in [4.69, 9.17) is 16.3 Å². The largest absolute Gasteiger partial charge is 0.493 e. The number of nitrogens with zero attached hydrogens (tertiary/aromatic N) is 2. The van der Waals surface area contributed by atoms with Crippen LogP contribution in [0.25, 0.3) is 0 Å². The van der Waals surface area contributed by atoms with Gasteiger partial charge in [0, 0.05) is 43.3 Å². The topological polar surface area (TPSA) is 32.8 Å². The summed E-state index contributed by atoms with van der Waals surface area (Å²) in [6.45, 7) is 10.2. The fourth-order valence-corrected chi connectivity index (χ4v) is 3.84. The Balaban J connectivity index is 1.42. The molecule has 5 heteroatoms. The Kier molecular flexibility index (Phi) is 6.84. The minimum Gasteiger partial charge on any atom is -0.493 e. The Morgan fingerprint density at radius 1 is 1.04 bits per heavy atom. The maximum atomic E-state index is 12.5. The summed E-state index contributed by atoms with van der Waals surface area (Å²) < 4.78 is 5.79. The zero-order valence-electron chi connectivity index (χ0n) is 17.0. The second-order valence-electron chi connectivity index (χ2n) is 7.45. The average molecular weight is 401 g/mol. The summed E-state index contributed by atoms with van der Waals surface area (Å²) in [5.41, 5.74) is 4.95. The predicted octanol–water partition coefficient (Wildman–Crippen LogP) is 4.77. The van der Waals surface area contributed by atoms with Gasteiger partial charge in [0.15, 0.2) is 0 Å². The van der Waals surface area contributed by atoms with Gasteiger partial charge < -0.3 is 14.5 Å². The van der Waals surface area contributed by atoms with Gasteiger partial charge in [0.05, 0.1) is 6.61 Å². The van der Waals surface area contributed by atoms with Crippen LogP contribution in [0.4, 0.5) is 5.69 Å². The lowest BCUT2D eigenvalue weighted by atomic mass is 10.1. The summed E-state index contributed by atoms with van der Waals surface area (Å²) in [4.78, 5) is 16.9. The van der Waals surface area contributed by atoms with Gasteiger partial charge in [-0.1, -0.05) is 23.7 Å². The SMILES string of the molecule is Cc1cc(Cl)ccc1OCCCC(=O)N1CCN(c2cccc(C)c2C)CC1. The molecule has 1 fully saturated rings. The number of ether oxygens (including phenoxy) is 1. The van der Waals surface area contributed by atoms with Crippen LogP contribution in [-0.2, 0) is 4.79 Å². The van der Waals surface area contributed by atoms with E-state index in [0.29, 0.717) is 18.1 Å². The van der Waals surface area contributed by atoms with Crippen molar-refractivity contribution in [2.24, 2.45) is 0 Å². The highest BCUT2D eigenvalue weighted by molar-refractivity contribution is 6.30. The highest BCUT2D eigenvalue weighted by Crippen LogP contribution is 2.24. The Morgan fingerprint density at radius 3 is 2.50 bits per heavy atom. The molecule has 1 amide bonds. The van der Waals surface area contributed by atoms with Crippen molar-refractivity contribution in [1.82, 2.24) is 4.90 Å². The number of halogens is 1. The monoisotopic (exact) mass is 400 g/mol. The molecule has 0 N–H and O–H groups in total. The van der Waals surface area contributed by atoms with Crippen LogP contribution >= 0.6 is 11.6 Å². The highest BCUT2D eigenvalue weighted by Gasteiger charge is 2.22. The Hall–Kier alpha value is -2.20. The van der Waals surface area contributed by atoms with Crippen molar-refractivity contribution in [1.29, 1.82) is 0 Å². The molecular weight excluding hydrogens is 372 g/mol. The third-order valence-electron chi connectivity index (χ3n) is 5.48. The predicted molar refractivity (Wildman–Crippen MR) is 116 cm³/mol. The van der Waals surface area contributed by atoms with Crippen molar-refractivity contribution in [3.05, 3.63) is 58.1 Å². The van der Waals surface area contributed by atoms with E-state index >= 15 is 0 Å². The zero-order chi connectivity index (χ0) is 20.1. The molecule has 0 atom stereocenters. The molecule has 0 unspecified atom stereocenters. The summed E-state index contributed by atoms with van der Waals surface area (Å²) in [6, 6.07) is 12.0. The molecule has 28 heavy (non-hydrogen) atoms. The molecule has 0 aromatic heterocycles. The van der Waals surface area contributed by atoms with Gasteiger partial charge in [0.2, 0.25) is 5.91 Å². The van der Waals surface area contributed by atoms with Gasteiger partial charge in [0.25, 0.3) is 0 Å². The van der Waals surface area contributed by atoms with Crippen LogP contribution in [0.5, 0.6) is 5.75 Å². The molecule has 1 aliphatic rings. The summed E-state index contributed by atoms with van der Waals surface area (Å²) in [5.74, 6) is 1.05. The van der Waals surface area contributed by atoms with Gasteiger partial charge in [-0.25, -0.2) is 0 Å². The first kappa shape index (κ1) is 20.5. The van der Waals surface area contributed by atoms with E-state index in [0.717, 1.165) is 43.9 Å². The van der Waals surface area contributed by atoms with E-state index in [2.05, 4.69) is 36.9 Å². The number of amides is 1. The molecule has 0 saturated carbocycles. The van der Waals surface area contributed by atoms with Gasteiger partial charge in [-0.3, -0.25) is 4.79 Å². The number of aryl methyl sites for hydroxylation is 2. The maximum Gasteiger partial charge on any atom is 0.222 e. The number of hydrogen-bond acceptors (Lipinski definition) is 3. The van der Waals surface area contributed by atoms with Crippen LogP contribution < -0.4 is 9.64 Å². The third kappa shape index (κ3) is 4.99. The average Bonchev–Trinajstić information content (AvgIpc) is 2.69. The summed E-state index contributed by atoms with van der Waals surface area (Å²) >= 11 is 5.96. The highest BCUT2D eigenvalue weighted by atomic mass is 35.5. The lowest BCUT2D eigenvalue weighted by molar-refractivity contribution is -0.131. The minimum atomic E-state index is 0.219. The van der Waals surface area contributed by atoms with Crippen LogP contribution in [0.3, 0.4) is 0 Å². The molecule has 2 aromatic carbocycles. The molecule has 0 bridgehead atoms. The van der Waals surface area contributed by atoms with E-state index in [1.165, 1.54) is 16.8 Å². The molecular formula is C23H29ClN2O2. The van der Waals surface area contributed by atoms with E-state index in [1.54, 1.807) is 0 Å². The van der Waals surface area contributed by atoms with Gasteiger partial charge in [-0.05, 0) is 68.1 Å². The van der Waals surface area contributed by atoms with Crippen LogP contribution in [0.2, 0.25) is 5.02 Å². The molecule has 1 heterocycles.